The fourth-order valence-corrected chi connectivity index (χ4v) is 10.4. The van der Waals surface area contributed by atoms with E-state index in [0.717, 1.165) is 140 Å². The van der Waals surface area contributed by atoms with E-state index < -0.39 is 29.9 Å². The van der Waals surface area contributed by atoms with Crippen LogP contribution in [0.1, 0.15) is 125 Å². The SMILES string of the molecule is C=C(CCC)CNC(=C)NCCc1ccc(N)cc1.C=C(CCC)CNC(=C)NCc1cccc(-c2ncccn2)c1.CCOC(=O)CNC(=O)NCC1CCOCC1.CCOC(=O)CNC(=O)NCc1cc(C)cc(C)c1.CCOC(=O)CNC(=O)NCc1ccc(C)cc1.CCOC(=O)CNC(=O)NCc1ccc2c(c1)OCO2. The molecule has 116 heavy (non-hydrogen) atoms. The number of fused-ring (bicyclic) bond motifs is 1. The molecule has 14 N–H and O–H groups in total. The third kappa shape index (κ3) is 47.2. The van der Waals surface area contributed by atoms with Crippen LogP contribution in [0.3, 0.4) is 0 Å². The third-order valence-corrected chi connectivity index (χ3v) is 16.2. The number of ether oxygens (including phenoxy) is 7. The zero-order valence-corrected chi connectivity index (χ0v) is 69.0. The molecule has 30 heteroatoms. The van der Waals surface area contributed by atoms with Gasteiger partial charge in [-0.25, -0.2) is 29.1 Å². The minimum absolute atomic E-state index is 0.0898. The first kappa shape index (κ1) is 97.9. The van der Waals surface area contributed by atoms with Crippen LogP contribution in [0.4, 0.5) is 24.9 Å². The Kier molecular flexibility index (Phi) is 50.1. The highest BCUT2D eigenvalue weighted by Gasteiger charge is 2.17. The molecular formula is C86H123N15O15. The molecule has 8 amide bonds. The van der Waals surface area contributed by atoms with Gasteiger partial charge in [-0.1, -0.05) is 160 Å². The van der Waals surface area contributed by atoms with Crippen molar-refractivity contribution in [3.63, 3.8) is 0 Å². The van der Waals surface area contributed by atoms with Crippen LogP contribution < -0.4 is 79.0 Å². The maximum Gasteiger partial charge on any atom is 0.325 e. The van der Waals surface area contributed by atoms with Gasteiger partial charge in [-0.2, -0.15) is 0 Å². The molecule has 1 fully saturated rings. The fraction of sp³-hybridized carbons (Fsp3) is 0.419. The molecule has 0 bridgehead atoms. The molecule has 0 saturated carbocycles. The van der Waals surface area contributed by atoms with Crippen molar-refractivity contribution in [2.24, 2.45) is 5.92 Å². The Morgan fingerprint density at radius 1 is 0.431 bits per heavy atom. The smallest absolute Gasteiger partial charge is 0.325 e. The molecule has 0 unspecified atom stereocenters. The third-order valence-electron chi connectivity index (χ3n) is 16.2. The minimum Gasteiger partial charge on any atom is -0.465 e. The Morgan fingerprint density at radius 3 is 1.37 bits per heavy atom. The maximum absolute atomic E-state index is 11.5. The number of aryl methyl sites for hydroxylation is 3. The number of nitrogens with two attached hydrogens (primary N) is 1. The van der Waals surface area contributed by atoms with Gasteiger partial charge >= 0.3 is 48.0 Å². The van der Waals surface area contributed by atoms with Gasteiger partial charge in [0.15, 0.2) is 17.3 Å². The monoisotopic (exact) mass is 1610 g/mol. The van der Waals surface area contributed by atoms with E-state index >= 15 is 0 Å². The number of anilines is 1. The summed E-state index contributed by atoms with van der Waals surface area (Å²) in [5.74, 6) is 2.46. The molecule has 2 aliphatic rings. The standard InChI is InChI=1S/C19H24N4.C16H25N3.C14H20N2O3.C13H16N2O5.C13H18N2O3.C11H20N2O4/c1-4-7-15(2)13-22-16(3)23-14-17-8-5-9-18(12-17)19-20-10-6-11-21-19;1-4-5-13(2)12-19-14(3)18-11-10-15-6-8-16(17)9-7-15;1-4-19-13(17)9-16-14(18)15-8-12-6-10(2)5-11(3)7-12;1-2-18-12(16)7-15-13(17)14-6-9-3-4-10-11(5-9)20-8-19-10;1-3-18-12(16)9-15-13(17)14-8-11-6-4-10(2)5-7-11;1-2-17-10(14)8-13-11(15)12-7-9-3-5-16-6-4-9/h5-6,8-12,22-23H,2-4,7,13-14H2,1H3;6-9,18-19H,2-5,10-12,17H2,1H3;5-7H,4,8-9H2,1-3H3,(H2,15,16,18);3-5H,2,6-8H2,1H3,(H2,14,15,17);4-7H,3,8-9H2,1-2H3,(H2,14,15,17);9H,2-8H2,1H3,(H2,12,13,15). The van der Waals surface area contributed by atoms with E-state index in [1.165, 1.54) is 22.3 Å². The summed E-state index contributed by atoms with van der Waals surface area (Å²) >= 11 is 0. The Bertz CT molecular complexity index is 3950. The van der Waals surface area contributed by atoms with Gasteiger partial charge in [-0.3, -0.25) is 19.2 Å². The first-order chi connectivity index (χ1) is 55.8. The molecule has 2 aliphatic heterocycles. The summed E-state index contributed by atoms with van der Waals surface area (Å²) in [7, 11) is 0. The van der Waals surface area contributed by atoms with E-state index in [-0.39, 0.29) is 51.1 Å². The number of nitrogens with one attached hydrogen (secondary N) is 12. The first-order valence-corrected chi connectivity index (χ1v) is 39.0. The van der Waals surface area contributed by atoms with Gasteiger partial charge in [0.2, 0.25) is 6.79 Å². The summed E-state index contributed by atoms with van der Waals surface area (Å²) < 4.78 is 34.4. The quantitative estimate of drug-likeness (QED) is 0.00741. The van der Waals surface area contributed by atoms with Crippen LogP contribution in [0, 0.1) is 26.7 Å². The van der Waals surface area contributed by atoms with Gasteiger partial charge in [0.25, 0.3) is 0 Å². The average Bonchev–Trinajstić information content (AvgIpc) is 1.66. The number of rotatable bonds is 38. The Hall–Kier alpha value is -12.3. The summed E-state index contributed by atoms with van der Waals surface area (Å²) in [5.41, 5.74) is 18.7. The predicted octanol–water partition coefficient (Wildman–Crippen LogP) is 10.5. The number of amides is 8. The number of carbonyl (C=O) groups excluding carboxylic acids is 8. The molecule has 0 atom stereocenters. The number of nitrogen functional groups attached to an aromatic ring is 1. The summed E-state index contributed by atoms with van der Waals surface area (Å²) in [6.07, 6.45) is 10.8. The molecule has 30 nitrogen and oxygen atoms in total. The van der Waals surface area contributed by atoms with E-state index in [0.29, 0.717) is 76.6 Å². The highest BCUT2D eigenvalue weighted by atomic mass is 16.7. The highest BCUT2D eigenvalue weighted by molar-refractivity contribution is 5.82. The molecule has 0 radical (unpaired) electrons. The number of urea groups is 4. The van der Waals surface area contributed by atoms with Crippen molar-refractivity contribution in [3.05, 3.63) is 221 Å². The van der Waals surface area contributed by atoms with Crippen LogP contribution in [0.5, 0.6) is 11.5 Å². The van der Waals surface area contributed by atoms with Gasteiger partial charge in [0.05, 0.1) is 38.1 Å². The second kappa shape index (κ2) is 59.4. The minimum atomic E-state index is -0.467. The summed E-state index contributed by atoms with van der Waals surface area (Å²) in [6, 6.07) is 35.8. The van der Waals surface area contributed by atoms with Crippen LogP contribution in [-0.4, -0.2) is 157 Å². The lowest BCUT2D eigenvalue weighted by atomic mass is 10.0. The van der Waals surface area contributed by atoms with Gasteiger partial charge in [-0.05, 0) is 151 Å². The summed E-state index contributed by atoms with van der Waals surface area (Å²) in [6.45, 7) is 40.6. The molecule has 5 aromatic carbocycles. The van der Waals surface area contributed by atoms with E-state index in [9.17, 15) is 38.4 Å². The van der Waals surface area contributed by atoms with Crippen molar-refractivity contribution in [2.45, 2.75) is 133 Å². The molecule has 632 valence electrons. The predicted molar refractivity (Wildman–Crippen MR) is 451 cm³/mol. The van der Waals surface area contributed by atoms with E-state index in [4.69, 9.17) is 29.4 Å². The first-order valence-electron chi connectivity index (χ1n) is 39.0. The zero-order valence-electron chi connectivity index (χ0n) is 69.0. The Balaban J connectivity index is 0.000000361. The second-order valence-corrected chi connectivity index (χ2v) is 26.3. The number of hydrogen-bond donors (Lipinski definition) is 13. The fourth-order valence-electron chi connectivity index (χ4n) is 10.4. The average molecular weight is 1610 g/mol. The van der Waals surface area contributed by atoms with Gasteiger partial charge in [0.1, 0.15) is 26.2 Å². The number of nitrogens with zero attached hydrogens (tertiary/aromatic N) is 2. The van der Waals surface area contributed by atoms with Crippen LogP contribution in [0.2, 0.25) is 0 Å². The van der Waals surface area contributed by atoms with Crippen molar-refractivity contribution >= 4 is 53.7 Å². The zero-order chi connectivity index (χ0) is 85.1. The highest BCUT2D eigenvalue weighted by Crippen LogP contribution is 2.32. The Labute approximate surface area is 683 Å². The number of esters is 4. The molecule has 1 aromatic heterocycles. The lowest BCUT2D eigenvalue weighted by molar-refractivity contribution is -0.142. The normalized spacial score (nSPS) is 11.2. The molecule has 3 heterocycles. The van der Waals surface area contributed by atoms with Crippen molar-refractivity contribution in [1.82, 2.24) is 73.8 Å². The van der Waals surface area contributed by atoms with E-state index in [1.807, 2.05) is 93.6 Å². The largest absolute Gasteiger partial charge is 0.465 e. The molecule has 6 aromatic rings. The number of aromatic nitrogens is 2. The van der Waals surface area contributed by atoms with Crippen LogP contribution in [-0.2, 0) is 75.5 Å². The number of benzene rings is 5. The van der Waals surface area contributed by atoms with Crippen molar-refractivity contribution in [3.8, 4) is 22.9 Å². The second-order valence-electron chi connectivity index (χ2n) is 26.3. The van der Waals surface area contributed by atoms with Crippen LogP contribution in [0.25, 0.3) is 11.4 Å². The lowest BCUT2D eigenvalue weighted by Gasteiger charge is -2.22. The lowest BCUT2D eigenvalue weighted by Crippen LogP contribution is -2.41. The molecule has 1 saturated heterocycles. The molecule has 0 spiro atoms. The summed E-state index contributed by atoms with van der Waals surface area (Å²) in [4.78, 5) is 98.3. The van der Waals surface area contributed by atoms with Gasteiger partial charge in [-0.15, -0.1) is 0 Å². The number of hydrogen-bond acceptors (Lipinski definition) is 22. The Morgan fingerprint density at radius 2 is 0.871 bits per heavy atom. The van der Waals surface area contributed by atoms with Crippen molar-refractivity contribution in [1.29, 1.82) is 0 Å². The van der Waals surface area contributed by atoms with Crippen molar-refractivity contribution in [2.75, 3.05) is 105 Å². The van der Waals surface area contributed by atoms with Crippen LogP contribution in [0.15, 0.2) is 177 Å². The maximum atomic E-state index is 11.5. The van der Waals surface area contributed by atoms with Gasteiger partial charge in [0, 0.05) is 89.2 Å². The van der Waals surface area contributed by atoms with Crippen LogP contribution >= 0.6 is 0 Å². The van der Waals surface area contributed by atoms with E-state index in [2.05, 4.69) is 154 Å². The molecular weight excluding hydrogens is 1480 g/mol. The molecule has 0 aliphatic carbocycles. The molecule has 8 rings (SSSR count). The van der Waals surface area contributed by atoms with Crippen molar-refractivity contribution < 1.29 is 71.5 Å². The topological polar surface area (TPSA) is 397 Å². The number of carbonyl (C=O) groups is 8. The van der Waals surface area contributed by atoms with Gasteiger partial charge < -0.3 is 103 Å². The summed E-state index contributed by atoms with van der Waals surface area (Å²) in [5, 5.41) is 33.5. The van der Waals surface area contributed by atoms with E-state index in [1.54, 1.807) is 52.2 Å².